The molecule has 2 heterocycles. The molecule has 0 N–H and O–H groups in total. The number of hydrogen-bond acceptors (Lipinski definition) is 5. The van der Waals surface area contributed by atoms with Crippen molar-refractivity contribution < 1.29 is 9.59 Å². The van der Waals surface area contributed by atoms with Crippen LogP contribution < -0.4 is 0 Å². The Hall–Kier alpha value is -0.390. The smallest absolute Gasteiger partial charge is 0.196 e. The van der Waals surface area contributed by atoms with Gasteiger partial charge >= 0.3 is 0 Å². The summed E-state index contributed by atoms with van der Waals surface area (Å²) in [6.07, 6.45) is 7.83. The molecule has 0 saturated carbocycles. The Labute approximate surface area is 145 Å². The number of carbonyl (C=O) groups excluding carboxylic acids is 2. The van der Waals surface area contributed by atoms with Gasteiger partial charge in [0, 0.05) is 12.8 Å². The molecule has 4 nitrogen and oxygen atoms in total. The minimum Gasteiger partial charge on any atom is -0.306 e. The third-order valence-corrected chi connectivity index (χ3v) is 6.28. The first-order valence-corrected chi connectivity index (χ1v) is 9.95. The number of thioether (sulfide) groups is 1. The molecular formula is C18H32N2O2S. The average Bonchev–Trinajstić information content (AvgIpc) is 2.54. The Kier molecular flexibility index (Phi) is 8.07. The first-order chi connectivity index (χ1) is 11.0. The highest BCUT2D eigenvalue weighted by Crippen LogP contribution is 2.25. The second-order valence-corrected chi connectivity index (χ2v) is 8.53. The minimum atomic E-state index is 0.0808. The molecule has 2 aliphatic heterocycles. The lowest BCUT2D eigenvalue weighted by molar-refractivity contribution is -0.113. The Morgan fingerprint density at radius 1 is 0.783 bits per heavy atom. The number of hydrogen-bond donors (Lipinski definition) is 0. The van der Waals surface area contributed by atoms with Crippen molar-refractivity contribution >= 4 is 22.0 Å². The highest BCUT2D eigenvalue weighted by atomic mass is 32.2. The van der Waals surface area contributed by atoms with E-state index in [9.17, 15) is 9.59 Å². The summed E-state index contributed by atoms with van der Waals surface area (Å²) in [6.45, 7) is 4.56. The van der Waals surface area contributed by atoms with Gasteiger partial charge in [0.25, 0.3) is 0 Å². The summed E-state index contributed by atoms with van der Waals surface area (Å²) >= 11 is 0.979. The van der Waals surface area contributed by atoms with Gasteiger partial charge in [-0.1, -0.05) is 0 Å². The maximum absolute atomic E-state index is 12.0. The number of likely N-dealkylation sites (tertiary alicyclic amines) is 2. The summed E-state index contributed by atoms with van der Waals surface area (Å²) in [6, 6.07) is 0. The Balaban J connectivity index is 1.55. The van der Waals surface area contributed by atoms with Crippen molar-refractivity contribution in [3.05, 3.63) is 0 Å². The van der Waals surface area contributed by atoms with Gasteiger partial charge in [-0.3, -0.25) is 9.59 Å². The first-order valence-electron chi connectivity index (χ1n) is 9.13. The third-order valence-electron chi connectivity index (χ3n) is 5.42. The summed E-state index contributed by atoms with van der Waals surface area (Å²) in [5, 5.41) is 0.162. The molecular weight excluding hydrogens is 308 g/mol. The molecule has 0 aliphatic carbocycles. The number of carbonyl (C=O) groups is 2. The maximum Gasteiger partial charge on any atom is 0.196 e. The molecule has 0 spiro atoms. The van der Waals surface area contributed by atoms with Gasteiger partial charge in [0.15, 0.2) is 10.2 Å². The van der Waals surface area contributed by atoms with Gasteiger partial charge in [0.2, 0.25) is 0 Å². The largest absolute Gasteiger partial charge is 0.306 e. The zero-order valence-corrected chi connectivity index (χ0v) is 15.6. The summed E-state index contributed by atoms with van der Waals surface area (Å²) in [5.41, 5.74) is 0. The predicted molar refractivity (Wildman–Crippen MR) is 96.5 cm³/mol. The van der Waals surface area contributed by atoms with Crippen LogP contribution in [0.2, 0.25) is 0 Å². The lowest BCUT2D eigenvalue weighted by Crippen LogP contribution is -2.30. The lowest BCUT2D eigenvalue weighted by atomic mass is 9.93. The first kappa shape index (κ1) is 18.9. The molecule has 0 aromatic carbocycles. The molecule has 0 aromatic rings. The van der Waals surface area contributed by atoms with E-state index in [-0.39, 0.29) is 10.2 Å². The molecule has 2 saturated heterocycles. The minimum absolute atomic E-state index is 0.0808. The fourth-order valence-electron chi connectivity index (χ4n) is 3.57. The quantitative estimate of drug-likeness (QED) is 0.743. The molecule has 2 fully saturated rings. The van der Waals surface area contributed by atoms with Crippen LogP contribution in [0, 0.1) is 11.8 Å². The fraction of sp³-hybridized carbons (Fsp3) is 0.889. The van der Waals surface area contributed by atoms with Crippen molar-refractivity contribution in [1.29, 1.82) is 0 Å². The number of rotatable bonds is 6. The lowest BCUT2D eigenvalue weighted by Gasteiger charge is -2.28. The van der Waals surface area contributed by atoms with Crippen LogP contribution in [-0.2, 0) is 9.59 Å². The van der Waals surface area contributed by atoms with Crippen LogP contribution in [-0.4, -0.2) is 60.3 Å². The number of nitrogens with zero attached hydrogens (tertiary/aromatic N) is 2. The second kappa shape index (κ2) is 9.80. The van der Waals surface area contributed by atoms with E-state index in [1.165, 1.54) is 25.7 Å². The van der Waals surface area contributed by atoms with E-state index < -0.39 is 0 Å². The van der Waals surface area contributed by atoms with E-state index in [0.717, 1.165) is 50.8 Å². The van der Waals surface area contributed by atoms with Gasteiger partial charge in [0.05, 0.1) is 0 Å². The molecule has 0 unspecified atom stereocenters. The van der Waals surface area contributed by atoms with Gasteiger partial charge in [-0.05, 0) is 102 Å². The molecule has 2 rings (SSSR count). The van der Waals surface area contributed by atoms with E-state index in [2.05, 4.69) is 23.9 Å². The molecule has 2 aliphatic rings. The van der Waals surface area contributed by atoms with Gasteiger partial charge < -0.3 is 9.80 Å². The van der Waals surface area contributed by atoms with E-state index >= 15 is 0 Å². The average molecular weight is 341 g/mol. The van der Waals surface area contributed by atoms with Crippen LogP contribution >= 0.6 is 11.8 Å². The second-order valence-electron chi connectivity index (χ2n) is 7.42. The van der Waals surface area contributed by atoms with Crippen LogP contribution in [0.25, 0.3) is 0 Å². The van der Waals surface area contributed by atoms with Crippen LogP contribution in [0.5, 0.6) is 0 Å². The molecule has 0 radical (unpaired) electrons. The van der Waals surface area contributed by atoms with Gasteiger partial charge in [0.1, 0.15) is 0 Å². The SMILES string of the molecule is CN1CCC(CCC(=O)SC(=O)CCC2CCN(C)CC2)CC1. The molecule has 23 heavy (non-hydrogen) atoms. The maximum atomic E-state index is 12.0. The summed E-state index contributed by atoms with van der Waals surface area (Å²) in [7, 11) is 4.31. The highest BCUT2D eigenvalue weighted by Gasteiger charge is 2.20. The summed E-state index contributed by atoms with van der Waals surface area (Å²) in [5.74, 6) is 1.34. The van der Waals surface area contributed by atoms with Crippen molar-refractivity contribution in [2.75, 3.05) is 40.3 Å². The molecule has 0 amide bonds. The molecule has 132 valence electrons. The monoisotopic (exact) mass is 340 g/mol. The Morgan fingerprint density at radius 3 is 1.48 bits per heavy atom. The third kappa shape index (κ3) is 7.36. The topological polar surface area (TPSA) is 40.6 Å². The summed E-state index contributed by atoms with van der Waals surface area (Å²) in [4.78, 5) is 28.7. The summed E-state index contributed by atoms with van der Waals surface area (Å²) < 4.78 is 0. The van der Waals surface area contributed by atoms with Crippen molar-refractivity contribution in [3.8, 4) is 0 Å². The molecule has 0 bridgehead atoms. The number of piperidine rings is 2. The van der Waals surface area contributed by atoms with E-state index in [0.29, 0.717) is 24.7 Å². The Bertz CT molecular complexity index is 350. The van der Waals surface area contributed by atoms with Crippen molar-refractivity contribution in [2.24, 2.45) is 11.8 Å². The van der Waals surface area contributed by atoms with E-state index in [4.69, 9.17) is 0 Å². The van der Waals surface area contributed by atoms with Gasteiger partial charge in [-0.25, -0.2) is 0 Å². The predicted octanol–water partition coefficient (Wildman–Crippen LogP) is 3.02. The fourth-order valence-corrected chi connectivity index (χ4v) is 4.27. The zero-order chi connectivity index (χ0) is 16.7. The van der Waals surface area contributed by atoms with Gasteiger partial charge in [-0.15, -0.1) is 0 Å². The molecule has 0 aromatic heterocycles. The van der Waals surface area contributed by atoms with E-state index in [1.54, 1.807) is 0 Å². The molecule has 0 atom stereocenters. The van der Waals surface area contributed by atoms with Crippen LogP contribution in [0.1, 0.15) is 51.4 Å². The van der Waals surface area contributed by atoms with Crippen LogP contribution in [0.4, 0.5) is 0 Å². The highest BCUT2D eigenvalue weighted by molar-refractivity contribution is 8.26. The van der Waals surface area contributed by atoms with Crippen LogP contribution in [0.15, 0.2) is 0 Å². The van der Waals surface area contributed by atoms with Crippen molar-refractivity contribution in [2.45, 2.75) is 51.4 Å². The Morgan fingerprint density at radius 2 is 1.13 bits per heavy atom. The van der Waals surface area contributed by atoms with Crippen molar-refractivity contribution in [1.82, 2.24) is 9.80 Å². The van der Waals surface area contributed by atoms with Crippen molar-refractivity contribution in [3.63, 3.8) is 0 Å². The zero-order valence-electron chi connectivity index (χ0n) is 14.8. The van der Waals surface area contributed by atoms with Crippen LogP contribution in [0.3, 0.4) is 0 Å². The normalized spacial score (nSPS) is 22.3. The standard InChI is InChI=1S/C18H32N2O2S/c1-19-11-7-15(8-12-19)3-5-17(21)23-18(22)6-4-16-9-13-20(2)14-10-16/h15-16H,3-14H2,1-2H3. The van der Waals surface area contributed by atoms with Gasteiger partial charge in [-0.2, -0.15) is 0 Å². The van der Waals surface area contributed by atoms with E-state index in [1.807, 2.05) is 0 Å². The molecule has 5 heteroatoms.